The number of nitrogens with zero attached hydrogens (tertiary/aromatic N) is 1. The lowest BCUT2D eigenvalue weighted by atomic mass is 10.0. The first-order valence-corrected chi connectivity index (χ1v) is 10.0. The van der Waals surface area contributed by atoms with Gasteiger partial charge in [-0.3, -0.25) is 9.59 Å². The van der Waals surface area contributed by atoms with Crippen LogP contribution in [0.4, 0.5) is 0 Å². The number of hydrogen-bond donors (Lipinski definition) is 1. The largest absolute Gasteiger partial charge is 0.293 e. The third-order valence-electron chi connectivity index (χ3n) is 3.95. The number of hydrazone groups is 1. The van der Waals surface area contributed by atoms with Crippen molar-refractivity contribution in [3.05, 3.63) is 108 Å². The Morgan fingerprint density at radius 2 is 1.14 bits per heavy atom. The first kappa shape index (κ1) is 19.6. The van der Waals surface area contributed by atoms with Gasteiger partial charge in [0.2, 0.25) is 5.91 Å². The molecule has 0 heterocycles. The second-order valence-corrected chi connectivity index (χ2v) is 7.00. The van der Waals surface area contributed by atoms with E-state index in [9.17, 15) is 9.59 Å². The number of hydrogen-bond acceptors (Lipinski definition) is 4. The van der Waals surface area contributed by atoms with E-state index in [1.165, 1.54) is 11.8 Å². The van der Waals surface area contributed by atoms with Crippen LogP contribution < -0.4 is 5.43 Å². The van der Waals surface area contributed by atoms with Crippen molar-refractivity contribution in [1.29, 1.82) is 0 Å². The summed E-state index contributed by atoms with van der Waals surface area (Å²) < 4.78 is 0. The zero-order valence-electron chi connectivity index (χ0n) is 15.2. The van der Waals surface area contributed by atoms with Gasteiger partial charge in [0.15, 0.2) is 5.78 Å². The predicted octanol–water partition coefficient (Wildman–Crippen LogP) is 4.17. The van der Waals surface area contributed by atoms with Crippen LogP contribution in [0.1, 0.15) is 21.5 Å². The molecule has 0 radical (unpaired) electrons. The lowest BCUT2D eigenvalue weighted by Crippen LogP contribution is -2.23. The second kappa shape index (κ2) is 10.2. The van der Waals surface area contributed by atoms with Crippen LogP contribution in [0.2, 0.25) is 0 Å². The Labute approximate surface area is 168 Å². The number of ketones is 1. The average molecular weight is 388 g/mol. The Balaban J connectivity index is 1.60. The average Bonchev–Trinajstić information content (AvgIpc) is 2.76. The SMILES string of the molecule is O=C(CSCC(=O)c1ccccc1)NN=C(c1ccccc1)c1ccccc1. The van der Waals surface area contributed by atoms with E-state index in [1.54, 1.807) is 12.1 Å². The van der Waals surface area contributed by atoms with Gasteiger partial charge in [-0.25, -0.2) is 5.43 Å². The van der Waals surface area contributed by atoms with E-state index in [0.717, 1.165) is 11.1 Å². The summed E-state index contributed by atoms with van der Waals surface area (Å²) in [5, 5.41) is 4.34. The maximum Gasteiger partial charge on any atom is 0.250 e. The third-order valence-corrected chi connectivity index (χ3v) is 4.88. The molecule has 28 heavy (non-hydrogen) atoms. The van der Waals surface area contributed by atoms with Gasteiger partial charge in [-0.15, -0.1) is 11.8 Å². The first-order chi connectivity index (χ1) is 13.7. The molecule has 5 heteroatoms. The number of carbonyl (C=O) groups is 2. The van der Waals surface area contributed by atoms with Gasteiger partial charge >= 0.3 is 0 Å². The molecular weight excluding hydrogens is 368 g/mol. The number of Topliss-reactive ketones (excluding diaryl/α,β-unsaturated/α-hetero) is 1. The topological polar surface area (TPSA) is 58.5 Å². The van der Waals surface area contributed by atoms with Crippen molar-refractivity contribution in [3.8, 4) is 0 Å². The van der Waals surface area contributed by atoms with Gasteiger partial charge in [-0.05, 0) is 0 Å². The first-order valence-electron chi connectivity index (χ1n) is 8.87. The van der Waals surface area contributed by atoms with Gasteiger partial charge in [0.25, 0.3) is 0 Å². The molecule has 0 bridgehead atoms. The van der Waals surface area contributed by atoms with Crippen LogP contribution in [0, 0.1) is 0 Å². The van der Waals surface area contributed by atoms with Gasteiger partial charge in [0.1, 0.15) is 0 Å². The fourth-order valence-corrected chi connectivity index (χ4v) is 3.29. The highest BCUT2D eigenvalue weighted by molar-refractivity contribution is 8.00. The normalized spacial score (nSPS) is 10.1. The fourth-order valence-electron chi connectivity index (χ4n) is 2.58. The second-order valence-electron chi connectivity index (χ2n) is 6.01. The maximum atomic E-state index is 12.2. The van der Waals surface area contributed by atoms with E-state index in [1.807, 2.05) is 78.9 Å². The van der Waals surface area contributed by atoms with Crippen molar-refractivity contribution in [2.75, 3.05) is 11.5 Å². The van der Waals surface area contributed by atoms with Crippen LogP contribution >= 0.6 is 11.8 Å². The van der Waals surface area contributed by atoms with Crippen molar-refractivity contribution in [2.24, 2.45) is 5.10 Å². The molecule has 0 atom stereocenters. The highest BCUT2D eigenvalue weighted by Gasteiger charge is 2.09. The molecule has 3 aromatic rings. The number of carbonyl (C=O) groups excluding carboxylic acids is 2. The molecular formula is C23H20N2O2S. The van der Waals surface area contributed by atoms with Gasteiger partial charge in [-0.2, -0.15) is 5.10 Å². The Morgan fingerprint density at radius 1 is 0.679 bits per heavy atom. The molecule has 0 fully saturated rings. The zero-order chi connectivity index (χ0) is 19.6. The van der Waals surface area contributed by atoms with Crippen LogP contribution in [0.3, 0.4) is 0 Å². The molecule has 3 aromatic carbocycles. The predicted molar refractivity (Wildman–Crippen MR) is 115 cm³/mol. The summed E-state index contributed by atoms with van der Waals surface area (Å²) in [7, 11) is 0. The molecule has 0 unspecified atom stereocenters. The number of benzene rings is 3. The van der Waals surface area contributed by atoms with Crippen molar-refractivity contribution in [1.82, 2.24) is 5.43 Å². The Bertz CT molecular complexity index is 901. The summed E-state index contributed by atoms with van der Waals surface area (Å²) in [6.07, 6.45) is 0. The lowest BCUT2D eigenvalue weighted by molar-refractivity contribution is -0.118. The van der Waals surface area contributed by atoms with E-state index in [4.69, 9.17) is 0 Å². The summed E-state index contributed by atoms with van der Waals surface area (Å²) >= 11 is 1.28. The van der Waals surface area contributed by atoms with Crippen molar-refractivity contribution < 1.29 is 9.59 Å². The van der Waals surface area contributed by atoms with E-state index in [-0.39, 0.29) is 23.2 Å². The van der Waals surface area contributed by atoms with Gasteiger partial charge < -0.3 is 0 Å². The van der Waals surface area contributed by atoms with E-state index >= 15 is 0 Å². The highest BCUT2D eigenvalue weighted by Crippen LogP contribution is 2.11. The molecule has 0 saturated carbocycles. The molecule has 0 aliphatic carbocycles. The summed E-state index contributed by atoms with van der Waals surface area (Å²) in [5.74, 6) is 0.191. The van der Waals surface area contributed by atoms with Crippen LogP contribution in [-0.4, -0.2) is 28.9 Å². The van der Waals surface area contributed by atoms with Crippen LogP contribution in [0.15, 0.2) is 96.1 Å². The summed E-state index contributed by atoms with van der Waals surface area (Å²) in [5.41, 5.74) is 5.80. The summed E-state index contributed by atoms with van der Waals surface area (Å²) in [6.45, 7) is 0. The van der Waals surface area contributed by atoms with Gasteiger partial charge in [-0.1, -0.05) is 91.0 Å². The Hall–Kier alpha value is -3.18. The monoisotopic (exact) mass is 388 g/mol. The van der Waals surface area contributed by atoms with Crippen LogP contribution in [0.25, 0.3) is 0 Å². The quantitative estimate of drug-likeness (QED) is 0.358. The molecule has 1 N–H and O–H groups in total. The number of thioether (sulfide) groups is 1. The minimum atomic E-state index is -0.241. The Morgan fingerprint density at radius 3 is 1.64 bits per heavy atom. The van der Waals surface area contributed by atoms with Gasteiger partial charge in [0.05, 0.1) is 17.2 Å². The zero-order valence-corrected chi connectivity index (χ0v) is 16.1. The lowest BCUT2D eigenvalue weighted by Gasteiger charge is -2.08. The van der Waals surface area contributed by atoms with Crippen molar-refractivity contribution in [3.63, 3.8) is 0 Å². The fraction of sp³-hybridized carbons (Fsp3) is 0.0870. The molecule has 0 saturated heterocycles. The smallest absolute Gasteiger partial charge is 0.250 e. The molecule has 140 valence electrons. The molecule has 1 amide bonds. The molecule has 0 aliphatic rings. The molecule has 3 rings (SSSR count). The number of nitrogens with one attached hydrogen (secondary N) is 1. The van der Waals surface area contributed by atoms with Crippen LogP contribution in [-0.2, 0) is 4.79 Å². The number of rotatable bonds is 8. The van der Waals surface area contributed by atoms with Crippen molar-refractivity contribution >= 4 is 29.2 Å². The molecule has 0 aromatic heterocycles. The summed E-state index contributed by atoms with van der Waals surface area (Å²) in [6, 6.07) is 28.5. The minimum Gasteiger partial charge on any atom is -0.293 e. The maximum absolute atomic E-state index is 12.2. The Kier molecular flexibility index (Phi) is 7.15. The van der Waals surface area contributed by atoms with Crippen LogP contribution in [0.5, 0.6) is 0 Å². The molecule has 0 aliphatic heterocycles. The third kappa shape index (κ3) is 5.66. The highest BCUT2D eigenvalue weighted by atomic mass is 32.2. The molecule has 0 spiro atoms. The van der Waals surface area contributed by atoms with Crippen molar-refractivity contribution in [2.45, 2.75) is 0 Å². The number of amides is 1. The van der Waals surface area contributed by atoms with E-state index in [2.05, 4.69) is 10.5 Å². The summed E-state index contributed by atoms with van der Waals surface area (Å²) in [4.78, 5) is 24.3. The van der Waals surface area contributed by atoms with E-state index < -0.39 is 0 Å². The standard InChI is InChI=1S/C23H20N2O2S/c26-21(18-10-4-1-5-11-18)16-28-17-22(27)24-25-23(19-12-6-2-7-13-19)20-14-8-3-9-15-20/h1-15H,16-17H2,(H,24,27). The molecule has 4 nitrogen and oxygen atoms in total. The van der Waals surface area contributed by atoms with E-state index in [0.29, 0.717) is 11.3 Å². The van der Waals surface area contributed by atoms with Gasteiger partial charge in [0, 0.05) is 16.7 Å². The minimum absolute atomic E-state index is 0.0103.